The molecule has 0 bridgehead atoms. The molecule has 8 heteroatoms. The van der Waals surface area contributed by atoms with Gasteiger partial charge in [-0.15, -0.1) is 0 Å². The lowest BCUT2D eigenvalue weighted by Crippen LogP contribution is -2.14. The average Bonchev–Trinajstić information content (AvgIpc) is 2.83. The van der Waals surface area contributed by atoms with Crippen molar-refractivity contribution in [3.05, 3.63) is 93.2 Å². The molecule has 0 unspecified atom stereocenters. The van der Waals surface area contributed by atoms with Crippen LogP contribution < -0.4 is 14.8 Å². The maximum Gasteiger partial charge on any atom is 0.266 e. The van der Waals surface area contributed by atoms with Crippen LogP contribution in [0.2, 0.25) is 0 Å². The third-order valence-corrected chi connectivity index (χ3v) is 5.28. The number of rotatable bonds is 7. The van der Waals surface area contributed by atoms with Crippen molar-refractivity contribution in [3.8, 4) is 23.6 Å². The van der Waals surface area contributed by atoms with Crippen LogP contribution in [0, 0.1) is 28.5 Å². The van der Waals surface area contributed by atoms with Gasteiger partial charge in [0, 0.05) is 10.0 Å². The lowest BCUT2D eigenvalue weighted by Gasteiger charge is -2.13. The van der Waals surface area contributed by atoms with E-state index in [9.17, 15) is 19.7 Å². The first kappa shape index (κ1) is 23.5. The van der Waals surface area contributed by atoms with Crippen LogP contribution in [0.4, 0.5) is 10.1 Å². The second kappa shape index (κ2) is 10.9. The molecule has 0 saturated heterocycles. The summed E-state index contributed by atoms with van der Waals surface area (Å²) in [5.41, 5.74) is 1.46. The molecule has 0 radical (unpaired) electrons. The van der Waals surface area contributed by atoms with Gasteiger partial charge in [-0.05, 0) is 42.0 Å². The maximum atomic E-state index is 13.8. The molecule has 1 amide bonds. The number of anilines is 1. The molecule has 0 aliphatic heterocycles. The second-order valence-electron chi connectivity index (χ2n) is 6.69. The SMILES string of the molecule is COc1cc(/C=C(\C#N)C(=O)Nc2ccccc2F)c(Br)cc1OCc1ccccc1C#N. The Balaban J connectivity index is 1.85. The second-order valence-corrected chi connectivity index (χ2v) is 7.54. The normalized spacial score (nSPS) is 10.6. The van der Waals surface area contributed by atoms with Gasteiger partial charge in [0.15, 0.2) is 11.5 Å². The van der Waals surface area contributed by atoms with Crippen LogP contribution in [-0.4, -0.2) is 13.0 Å². The van der Waals surface area contributed by atoms with Crippen LogP contribution in [-0.2, 0) is 11.4 Å². The van der Waals surface area contributed by atoms with Gasteiger partial charge in [-0.3, -0.25) is 4.79 Å². The van der Waals surface area contributed by atoms with E-state index >= 15 is 0 Å². The number of carbonyl (C=O) groups excluding carboxylic acids is 1. The van der Waals surface area contributed by atoms with Crippen molar-refractivity contribution in [1.29, 1.82) is 10.5 Å². The lowest BCUT2D eigenvalue weighted by molar-refractivity contribution is -0.112. The number of nitrogens with one attached hydrogen (secondary N) is 1. The number of hydrogen-bond donors (Lipinski definition) is 1. The number of hydrogen-bond acceptors (Lipinski definition) is 5. The molecule has 0 heterocycles. The van der Waals surface area contributed by atoms with E-state index in [0.29, 0.717) is 27.1 Å². The molecule has 0 aromatic heterocycles. The first-order chi connectivity index (χ1) is 16.0. The van der Waals surface area contributed by atoms with Gasteiger partial charge >= 0.3 is 0 Å². The monoisotopic (exact) mass is 505 g/mol. The van der Waals surface area contributed by atoms with Crippen molar-refractivity contribution in [3.63, 3.8) is 0 Å². The molecule has 164 valence electrons. The van der Waals surface area contributed by atoms with Gasteiger partial charge in [-0.25, -0.2) is 4.39 Å². The van der Waals surface area contributed by atoms with Gasteiger partial charge < -0.3 is 14.8 Å². The van der Waals surface area contributed by atoms with Crippen molar-refractivity contribution in [2.45, 2.75) is 6.61 Å². The highest BCUT2D eigenvalue weighted by molar-refractivity contribution is 9.10. The van der Waals surface area contributed by atoms with E-state index in [1.165, 1.54) is 31.4 Å². The highest BCUT2D eigenvalue weighted by Gasteiger charge is 2.15. The number of para-hydroxylation sites is 1. The van der Waals surface area contributed by atoms with Gasteiger partial charge in [0.25, 0.3) is 5.91 Å². The van der Waals surface area contributed by atoms with Crippen molar-refractivity contribution in [2.24, 2.45) is 0 Å². The highest BCUT2D eigenvalue weighted by Crippen LogP contribution is 2.35. The minimum absolute atomic E-state index is 0.0262. The summed E-state index contributed by atoms with van der Waals surface area (Å²) in [6.07, 6.45) is 1.36. The van der Waals surface area contributed by atoms with E-state index in [4.69, 9.17) is 9.47 Å². The van der Waals surface area contributed by atoms with Crippen LogP contribution in [0.5, 0.6) is 11.5 Å². The molecule has 3 rings (SSSR count). The standard InChI is InChI=1S/C25H17BrFN3O3/c1-32-23-11-18(10-19(14-29)25(31)30-22-9-5-4-8-21(22)27)20(26)12-24(23)33-15-17-7-3-2-6-16(17)13-28/h2-12H,15H2,1H3,(H,30,31)/b19-10+. The molecule has 0 spiro atoms. The van der Waals surface area contributed by atoms with Crippen LogP contribution in [0.25, 0.3) is 6.08 Å². The summed E-state index contributed by atoms with van der Waals surface area (Å²) in [7, 11) is 1.46. The Morgan fingerprint density at radius 1 is 1.12 bits per heavy atom. The third-order valence-electron chi connectivity index (χ3n) is 4.59. The zero-order valence-corrected chi connectivity index (χ0v) is 19.0. The molecule has 0 aliphatic rings. The largest absolute Gasteiger partial charge is 0.493 e. The lowest BCUT2D eigenvalue weighted by atomic mass is 10.1. The molecule has 6 nitrogen and oxygen atoms in total. The number of ether oxygens (including phenoxy) is 2. The minimum atomic E-state index is -0.748. The molecule has 0 aliphatic carbocycles. The van der Waals surface area contributed by atoms with Crippen molar-refractivity contribution >= 4 is 33.6 Å². The Morgan fingerprint density at radius 3 is 2.55 bits per heavy atom. The predicted molar refractivity (Wildman–Crippen MR) is 125 cm³/mol. The fourth-order valence-electron chi connectivity index (χ4n) is 2.90. The Kier molecular flexibility index (Phi) is 7.80. The Morgan fingerprint density at radius 2 is 1.85 bits per heavy atom. The zero-order chi connectivity index (χ0) is 23.8. The maximum absolute atomic E-state index is 13.8. The molecule has 0 fully saturated rings. The molecular weight excluding hydrogens is 489 g/mol. The van der Waals surface area contributed by atoms with Gasteiger partial charge in [-0.2, -0.15) is 10.5 Å². The van der Waals surface area contributed by atoms with Crippen LogP contribution in [0.3, 0.4) is 0 Å². The fraction of sp³-hybridized carbons (Fsp3) is 0.0800. The van der Waals surface area contributed by atoms with Gasteiger partial charge in [-0.1, -0.05) is 46.3 Å². The molecule has 3 aromatic carbocycles. The first-order valence-corrected chi connectivity index (χ1v) is 10.4. The predicted octanol–water partition coefficient (Wildman–Crippen LogP) is 5.59. The first-order valence-electron chi connectivity index (χ1n) is 9.62. The smallest absolute Gasteiger partial charge is 0.266 e. The third kappa shape index (κ3) is 5.76. The Bertz CT molecular complexity index is 1310. The van der Waals surface area contributed by atoms with Crippen LogP contribution in [0.1, 0.15) is 16.7 Å². The Hall–Kier alpha value is -4.14. The van der Waals surface area contributed by atoms with E-state index in [-0.39, 0.29) is 17.9 Å². The molecule has 33 heavy (non-hydrogen) atoms. The number of nitriles is 2. The fourth-order valence-corrected chi connectivity index (χ4v) is 3.34. The van der Waals surface area contributed by atoms with Crippen molar-refractivity contribution in [2.75, 3.05) is 12.4 Å². The average molecular weight is 506 g/mol. The zero-order valence-electron chi connectivity index (χ0n) is 17.4. The topological polar surface area (TPSA) is 95.1 Å². The Labute approximate surface area is 198 Å². The van der Waals surface area contributed by atoms with Gasteiger partial charge in [0.2, 0.25) is 0 Å². The molecular formula is C25H17BrFN3O3. The van der Waals surface area contributed by atoms with Crippen molar-refractivity contribution < 1.29 is 18.7 Å². The molecule has 0 atom stereocenters. The van der Waals surface area contributed by atoms with Crippen LogP contribution >= 0.6 is 15.9 Å². The van der Waals surface area contributed by atoms with Crippen LogP contribution in [0.15, 0.2) is 70.7 Å². The quantitative estimate of drug-likeness (QED) is 0.333. The summed E-state index contributed by atoms with van der Waals surface area (Å²) in [5, 5.41) is 21.1. The molecule has 0 saturated carbocycles. The number of methoxy groups -OCH3 is 1. The summed E-state index contributed by atoms with van der Waals surface area (Å²) in [4.78, 5) is 12.5. The number of benzene rings is 3. The number of amides is 1. The molecule has 3 aromatic rings. The van der Waals surface area contributed by atoms with E-state index in [0.717, 1.165) is 5.56 Å². The van der Waals surface area contributed by atoms with Gasteiger partial charge in [0.05, 0.1) is 24.4 Å². The number of halogens is 2. The number of carbonyl (C=O) groups is 1. The van der Waals surface area contributed by atoms with E-state index in [1.54, 1.807) is 36.4 Å². The van der Waals surface area contributed by atoms with Crippen molar-refractivity contribution in [1.82, 2.24) is 0 Å². The van der Waals surface area contributed by atoms with E-state index < -0.39 is 11.7 Å². The summed E-state index contributed by atoms with van der Waals surface area (Å²) < 4.78 is 25.6. The number of nitrogens with zero attached hydrogens (tertiary/aromatic N) is 2. The van der Waals surface area contributed by atoms with E-state index in [2.05, 4.69) is 27.3 Å². The summed E-state index contributed by atoms with van der Waals surface area (Å²) in [6.45, 7) is 0.149. The summed E-state index contributed by atoms with van der Waals surface area (Å²) in [6, 6.07) is 20.0. The molecule has 1 N–H and O–H groups in total. The van der Waals surface area contributed by atoms with E-state index in [1.807, 2.05) is 12.1 Å². The summed E-state index contributed by atoms with van der Waals surface area (Å²) >= 11 is 3.42. The minimum Gasteiger partial charge on any atom is -0.493 e. The summed E-state index contributed by atoms with van der Waals surface area (Å²) in [5.74, 6) is -0.582. The highest BCUT2D eigenvalue weighted by atomic mass is 79.9. The van der Waals surface area contributed by atoms with Gasteiger partial charge in [0.1, 0.15) is 24.1 Å².